The molecule has 140 valence electrons. The van der Waals surface area contributed by atoms with E-state index in [1.807, 2.05) is 6.07 Å². The van der Waals surface area contributed by atoms with Crippen LogP contribution in [0.3, 0.4) is 0 Å². The minimum Gasteiger partial charge on any atom is -0.348 e. The molecule has 2 aromatic rings. The van der Waals surface area contributed by atoms with Crippen LogP contribution < -0.4 is 15.8 Å². The largest absolute Gasteiger partial charge is 0.348 e. The van der Waals surface area contributed by atoms with Crippen molar-refractivity contribution in [3.05, 3.63) is 63.7 Å². The zero-order valence-corrected chi connectivity index (χ0v) is 16.3. The Morgan fingerprint density at radius 3 is 2.54 bits per heavy atom. The van der Waals surface area contributed by atoms with Gasteiger partial charge >= 0.3 is 0 Å². The lowest BCUT2D eigenvalue weighted by molar-refractivity contribution is 0.0950. The van der Waals surface area contributed by atoms with Crippen molar-refractivity contribution in [2.75, 3.05) is 0 Å². The van der Waals surface area contributed by atoms with Gasteiger partial charge in [-0.2, -0.15) is 0 Å². The average Bonchev–Trinajstić information content (AvgIpc) is 3.01. The Balaban J connectivity index is 0.00000243. The Kier molecular flexibility index (Phi) is 6.08. The van der Waals surface area contributed by atoms with Crippen LogP contribution in [0.1, 0.15) is 38.2 Å². The fourth-order valence-corrected chi connectivity index (χ4v) is 3.88. The van der Waals surface area contributed by atoms with Crippen molar-refractivity contribution in [3.63, 3.8) is 0 Å². The molecule has 6 nitrogen and oxygen atoms in total. The first-order chi connectivity index (χ1) is 11.8. The molecule has 0 aliphatic carbocycles. The van der Waals surface area contributed by atoms with E-state index in [0.29, 0.717) is 17.7 Å². The van der Waals surface area contributed by atoms with Gasteiger partial charge in [-0.3, -0.25) is 4.79 Å². The van der Waals surface area contributed by atoms with E-state index in [9.17, 15) is 13.2 Å². The number of hydrogen-bond acceptors (Lipinski definition) is 4. The first-order valence-corrected chi connectivity index (χ1v) is 9.54. The molecule has 26 heavy (non-hydrogen) atoms. The quantitative estimate of drug-likeness (QED) is 0.735. The highest BCUT2D eigenvalue weighted by Gasteiger charge is 2.17. The number of hydrogen-bond donors (Lipinski definition) is 3. The monoisotopic (exact) mass is 395 g/mol. The highest BCUT2D eigenvalue weighted by Crippen LogP contribution is 2.20. The van der Waals surface area contributed by atoms with E-state index in [1.54, 1.807) is 19.9 Å². The topological polar surface area (TPSA) is 101 Å². The van der Waals surface area contributed by atoms with Crippen LogP contribution in [0.15, 0.2) is 35.2 Å². The molecule has 2 aromatic carbocycles. The smallest absolute Gasteiger partial charge is 0.251 e. The number of carbonyl (C=O) groups excluding carboxylic acids is 1. The zero-order chi connectivity index (χ0) is 18.2. The summed E-state index contributed by atoms with van der Waals surface area (Å²) in [7, 11) is -3.87. The summed E-state index contributed by atoms with van der Waals surface area (Å²) in [6, 6.07) is 9.13. The predicted molar refractivity (Wildman–Crippen MR) is 103 cm³/mol. The predicted octanol–water partition coefficient (Wildman–Crippen LogP) is 1.91. The molecule has 0 aromatic heterocycles. The third-order valence-electron chi connectivity index (χ3n) is 4.54. The maximum atomic E-state index is 12.4. The minimum absolute atomic E-state index is 0. The Morgan fingerprint density at radius 2 is 1.85 bits per heavy atom. The van der Waals surface area contributed by atoms with E-state index in [4.69, 9.17) is 5.14 Å². The molecule has 0 unspecified atom stereocenters. The van der Waals surface area contributed by atoms with Crippen LogP contribution in [0, 0.1) is 13.8 Å². The Bertz CT molecular complexity index is 958. The summed E-state index contributed by atoms with van der Waals surface area (Å²) in [6.45, 7) is 5.53. The number of amides is 1. The molecule has 0 saturated heterocycles. The van der Waals surface area contributed by atoms with Crippen LogP contribution in [-0.2, 0) is 29.7 Å². The fraction of sp³-hybridized carbons (Fsp3) is 0.278. The van der Waals surface area contributed by atoms with Gasteiger partial charge in [-0.05, 0) is 53.8 Å². The summed E-state index contributed by atoms with van der Waals surface area (Å²) in [5, 5.41) is 11.4. The van der Waals surface area contributed by atoms with Crippen LogP contribution >= 0.6 is 12.4 Å². The number of benzene rings is 2. The van der Waals surface area contributed by atoms with Crippen molar-refractivity contribution in [3.8, 4) is 0 Å². The number of rotatable bonds is 4. The van der Waals surface area contributed by atoms with Crippen molar-refractivity contribution in [2.24, 2.45) is 5.14 Å². The molecule has 1 amide bonds. The van der Waals surface area contributed by atoms with Crippen molar-refractivity contribution in [1.82, 2.24) is 10.6 Å². The molecule has 0 radical (unpaired) electrons. The van der Waals surface area contributed by atoms with Crippen molar-refractivity contribution in [1.29, 1.82) is 0 Å². The van der Waals surface area contributed by atoms with Crippen LogP contribution in [0.5, 0.6) is 0 Å². The number of nitrogens with one attached hydrogen (secondary N) is 2. The van der Waals surface area contributed by atoms with E-state index >= 15 is 0 Å². The van der Waals surface area contributed by atoms with E-state index in [-0.39, 0.29) is 28.8 Å². The van der Waals surface area contributed by atoms with Gasteiger partial charge in [-0.25, -0.2) is 13.6 Å². The number of fused-ring (bicyclic) bond motifs is 1. The van der Waals surface area contributed by atoms with E-state index in [2.05, 4.69) is 22.8 Å². The van der Waals surface area contributed by atoms with E-state index in [1.165, 1.54) is 17.2 Å². The lowest BCUT2D eigenvalue weighted by Crippen LogP contribution is -2.24. The second-order valence-electron chi connectivity index (χ2n) is 6.35. The lowest BCUT2D eigenvalue weighted by Gasteiger charge is -2.11. The number of sulfonamides is 1. The molecular formula is C18H22ClN3O3S. The normalized spacial score (nSPS) is 13.0. The summed E-state index contributed by atoms with van der Waals surface area (Å²) < 4.78 is 23.4. The number of primary sulfonamides is 1. The number of carbonyl (C=O) groups is 1. The van der Waals surface area contributed by atoms with Crippen molar-refractivity contribution >= 4 is 28.3 Å². The summed E-state index contributed by atoms with van der Waals surface area (Å²) in [4.78, 5) is 12.4. The summed E-state index contributed by atoms with van der Waals surface area (Å²) in [5.41, 5.74) is 5.09. The molecule has 3 rings (SSSR count). The van der Waals surface area contributed by atoms with Gasteiger partial charge in [-0.15, -0.1) is 12.4 Å². The standard InChI is InChI=1S/C18H21N3O3S.ClH/c1-11-5-15(7-17(12(11)2)25(19,23)24)18(22)21-8-13-3-4-14-9-20-10-16(14)6-13;/h3-7,20H,8-10H2,1-2H3,(H,21,22)(H2,19,23,24);1H. The molecule has 8 heteroatoms. The Hall–Kier alpha value is -1.93. The fourth-order valence-electron chi connectivity index (χ4n) is 3.00. The molecule has 1 aliphatic rings. The number of halogens is 1. The maximum Gasteiger partial charge on any atom is 0.251 e. The third kappa shape index (κ3) is 4.24. The Morgan fingerprint density at radius 1 is 1.15 bits per heavy atom. The Labute approximate surface area is 159 Å². The first kappa shape index (κ1) is 20.4. The first-order valence-electron chi connectivity index (χ1n) is 7.99. The molecule has 4 N–H and O–H groups in total. The SMILES string of the molecule is Cc1cc(C(=O)NCc2ccc3c(c2)CNC3)cc(S(N)(=O)=O)c1C.Cl. The molecule has 0 saturated carbocycles. The molecule has 0 atom stereocenters. The molecule has 0 spiro atoms. The molecule has 0 bridgehead atoms. The van der Waals surface area contributed by atoms with Gasteiger partial charge in [0.25, 0.3) is 5.91 Å². The van der Waals surface area contributed by atoms with Gasteiger partial charge in [0, 0.05) is 25.2 Å². The van der Waals surface area contributed by atoms with Gasteiger partial charge in [-0.1, -0.05) is 18.2 Å². The van der Waals surface area contributed by atoms with E-state index in [0.717, 1.165) is 18.7 Å². The number of nitrogens with two attached hydrogens (primary N) is 1. The maximum absolute atomic E-state index is 12.4. The lowest BCUT2D eigenvalue weighted by atomic mass is 10.0. The van der Waals surface area contributed by atoms with Crippen molar-refractivity contribution < 1.29 is 13.2 Å². The molecular weight excluding hydrogens is 374 g/mol. The zero-order valence-electron chi connectivity index (χ0n) is 14.6. The van der Waals surface area contributed by atoms with Gasteiger partial charge in [0.05, 0.1) is 4.90 Å². The van der Waals surface area contributed by atoms with E-state index < -0.39 is 10.0 Å². The highest BCUT2D eigenvalue weighted by molar-refractivity contribution is 7.89. The summed E-state index contributed by atoms with van der Waals surface area (Å²) in [6.07, 6.45) is 0. The van der Waals surface area contributed by atoms with Gasteiger partial charge in [0.2, 0.25) is 10.0 Å². The average molecular weight is 396 g/mol. The van der Waals surface area contributed by atoms with Gasteiger partial charge in [0.1, 0.15) is 0 Å². The number of aryl methyl sites for hydroxylation is 1. The van der Waals surface area contributed by atoms with Crippen LogP contribution in [0.4, 0.5) is 0 Å². The van der Waals surface area contributed by atoms with Crippen LogP contribution in [-0.4, -0.2) is 14.3 Å². The summed E-state index contributed by atoms with van der Waals surface area (Å²) >= 11 is 0. The second kappa shape index (κ2) is 7.75. The second-order valence-corrected chi connectivity index (χ2v) is 7.88. The third-order valence-corrected chi connectivity index (χ3v) is 5.58. The minimum atomic E-state index is -3.87. The highest BCUT2D eigenvalue weighted by atomic mass is 35.5. The van der Waals surface area contributed by atoms with Gasteiger partial charge < -0.3 is 10.6 Å². The molecule has 0 fully saturated rings. The van der Waals surface area contributed by atoms with Crippen LogP contribution in [0.2, 0.25) is 0 Å². The molecule has 1 aliphatic heterocycles. The molecule has 1 heterocycles. The van der Waals surface area contributed by atoms with Crippen molar-refractivity contribution in [2.45, 2.75) is 38.4 Å². The van der Waals surface area contributed by atoms with Crippen LogP contribution in [0.25, 0.3) is 0 Å². The summed E-state index contributed by atoms with van der Waals surface area (Å²) in [5.74, 6) is -0.327. The van der Waals surface area contributed by atoms with Gasteiger partial charge in [0.15, 0.2) is 0 Å².